The largest absolute Gasteiger partial charge is 0.395 e. The van der Waals surface area contributed by atoms with Crippen LogP contribution in [-0.4, -0.2) is 48.5 Å². The molecule has 1 aliphatic rings. The zero-order valence-electron chi connectivity index (χ0n) is 7.26. The smallest absolute Gasteiger partial charge is 0.0863 e. The standard InChI is InChI=1S/C7H16ClN3O/c1-11(2-3-12)7-4-6(8)9-5-10-7/h6-7,9-10,12H,2-5H2,1H3. The molecule has 3 N–H and O–H groups in total. The van der Waals surface area contributed by atoms with Crippen LogP contribution in [0, 0.1) is 0 Å². The maximum atomic E-state index is 8.72. The lowest BCUT2D eigenvalue weighted by atomic mass is 10.2. The van der Waals surface area contributed by atoms with Gasteiger partial charge in [0, 0.05) is 19.6 Å². The molecule has 0 saturated carbocycles. The molecule has 4 nitrogen and oxygen atoms in total. The van der Waals surface area contributed by atoms with E-state index in [9.17, 15) is 0 Å². The average molecular weight is 194 g/mol. The van der Waals surface area contributed by atoms with Crippen LogP contribution in [-0.2, 0) is 0 Å². The SMILES string of the molecule is CN(CCO)C1CC(Cl)NCN1. The van der Waals surface area contributed by atoms with Gasteiger partial charge in [0.1, 0.15) is 0 Å². The number of likely N-dealkylation sites (N-methyl/N-ethyl adjacent to an activating group) is 1. The Balaban J connectivity index is 2.29. The van der Waals surface area contributed by atoms with Crippen LogP contribution in [0.3, 0.4) is 0 Å². The lowest BCUT2D eigenvalue weighted by Crippen LogP contribution is -2.55. The van der Waals surface area contributed by atoms with Gasteiger partial charge in [-0.15, -0.1) is 11.6 Å². The first kappa shape index (κ1) is 10.2. The van der Waals surface area contributed by atoms with E-state index in [1.807, 2.05) is 7.05 Å². The number of nitrogens with zero attached hydrogens (tertiary/aromatic N) is 1. The van der Waals surface area contributed by atoms with Crippen molar-refractivity contribution in [3.8, 4) is 0 Å². The van der Waals surface area contributed by atoms with E-state index in [0.717, 1.165) is 13.1 Å². The summed E-state index contributed by atoms with van der Waals surface area (Å²) < 4.78 is 0. The number of rotatable bonds is 3. The van der Waals surface area contributed by atoms with Crippen LogP contribution in [0.5, 0.6) is 0 Å². The fraction of sp³-hybridized carbons (Fsp3) is 1.00. The highest BCUT2D eigenvalue weighted by molar-refractivity contribution is 6.20. The van der Waals surface area contributed by atoms with Gasteiger partial charge in [-0.05, 0) is 7.05 Å². The Hall–Kier alpha value is 0.130. The second-order valence-corrected chi connectivity index (χ2v) is 3.54. The van der Waals surface area contributed by atoms with E-state index in [1.54, 1.807) is 0 Å². The molecular weight excluding hydrogens is 178 g/mol. The van der Waals surface area contributed by atoms with E-state index >= 15 is 0 Å². The van der Waals surface area contributed by atoms with Crippen LogP contribution in [0.1, 0.15) is 6.42 Å². The molecular formula is C7H16ClN3O. The summed E-state index contributed by atoms with van der Waals surface area (Å²) in [4.78, 5) is 2.07. The predicted octanol–water partition coefficient (Wildman–Crippen LogP) is -0.658. The number of nitrogens with one attached hydrogen (secondary N) is 2. The molecule has 0 aromatic heterocycles. The van der Waals surface area contributed by atoms with Gasteiger partial charge in [0.05, 0.1) is 18.3 Å². The van der Waals surface area contributed by atoms with E-state index in [2.05, 4.69) is 15.5 Å². The van der Waals surface area contributed by atoms with Gasteiger partial charge in [0.15, 0.2) is 0 Å². The summed E-state index contributed by atoms with van der Waals surface area (Å²) in [7, 11) is 1.98. The van der Waals surface area contributed by atoms with Gasteiger partial charge < -0.3 is 5.11 Å². The fourth-order valence-corrected chi connectivity index (χ4v) is 1.55. The maximum Gasteiger partial charge on any atom is 0.0863 e. The summed E-state index contributed by atoms with van der Waals surface area (Å²) in [5.41, 5.74) is 0.0393. The Labute approximate surface area is 77.9 Å². The molecule has 2 unspecified atom stereocenters. The molecule has 5 heteroatoms. The van der Waals surface area contributed by atoms with Gasteiger partial charge in [-0.25, -0.2) is 0 Å². The zero-order chi connectivity index (χ0) is 8.97. The summed E-state index contributed by atoms with van der Waals surface area (Å²) in [6.45, 7) is 1.60. The molecule has 0 bridgehead atoms. The average Bonchev–Trinajstić information content (AvgIpc) is 2.05. The van der Waals surface area contributed by atoms with Crippen molar-refractivity contribution in [2.24, 2.45) is 0 Å². The minimum absolute atomic E-state index is 0.0393. The maximum absolute atomic E-state index is 8.72. The minimum atomic E-state index is 0.0393. The summed E-state index contributed by atoms with van der Waals surface area (Å²) in [5, 5.41) is 15.0. The van der Waals surface area contributed by atoms with Crippen molar-refractivity contribution >= 4 is 11.6 Å². The van der Waals surface area contributed by atoms with Crippen LogP contribution < -0.4 is 10.6 Å². The van der Waals surface area contributed by atoms with Crippen molar-refractivity contribution in [2.45, 2.75) is 18.1 Å². The molecule has 0 aliphatic carbocycles. The minimum Gasteiger partial charge on any atom is -0.395 e. The quantitative estimate of drug-likeness (QED) is 0.412. The van der Waals surface area contributed by atoms with Gasteiger partial charge in [0.2, 0.25) is 0 Å². The van der Waals surface area contributed by atoms with E-state index in [-0.39, 0.29) is 18.3 Å². The molecule has 1 aliphatic heterocycles. The van der Waals surface area contributed by atoms with E-state index in [4.69, 9.17) is 16.7 Å². The molecule has 0 amide bonds. The van der Waals surface area contributed by atoms with E-state index < -0.39 is 0 Å². The first-order valence-corrected chi connectivity index (χ1v) is 4.59. The monoisotopic (exact) mass is 193 g/mol. The number of halogens is 1. The third-order valence-electron chi connectivity index (χ3n) is 2.08. The number of hydrogen-bond acceptors (Lipinski definition) is 4. The first-order chi connectivity index (χ1) is 5.74. The first-order valence-electron chi connectivity index (χ1n) is 4.16. The fourth-order valence-electron chi connectivity index (χ4n) is 1.30. The van der Waals surface area contributed by atoms with Crippen molar-refractivity contribution in [1.82, 2.24) is 15.5 Å². The molecule has 0 spiro atoms. The van der Waals surface area contributed by atoms with Crippen molar-refractivity contribution in [3.63, 3.8) is 0 Å². The van der Waals surface area contributed by atoms with Gasteiger partial charge in [-0.1, -0.05) is 0 Å². The van der Waals surface area contributed by atoms with Crippen LogP contribution in [0.2, 0.25) is 0 Å². The highest BCUT2D eigenvalue weighted by atomic mass is 35.5. The van der Waals surface area contributed by atoms with Crippen molar-refractivity contribution < 1.29 is 5.11 Å². The molecule has 1 fully saturated rings. The lowest BCUT2D eigenvalue weighted by molar-refractivity contribution is 0.131. The Morgan fingerprint density at radius 3 is 2.92 bits per heavy atom. The van der Waals surface area contributed by atoms with E-state index in [1.165, 1.54) is 0 Å². The Kier molecular flexibility index (Phi) is 4.25. The number of alkyl halides is 1. The molecule has 2 atom stereocenters. The second kappa shape index (κ2) is 4.99. The summed E-state index contributed by atoms with van der Waals surface area (Å²) in [6.07, 6.45) is 1.14. The zero-order valence-corrected chi connectivity index (χ0v) is 8.01. The molecule has 12 heavy (non-hydrogen) atoms. The van der Waals surface area contributed by atoms with Crippen molar-refractivity contribution in [3.05, 3.63) is 0 Å². The highest BCUT2D eigenvalue weighted by Gasteiger charge is 2.21. The van der Waals surface area contributed by atoms with Crippen LogP contribution in [0.4, 0.5) is 0 Å². The molecule has 1 heterocycles. The molecule has 1 saturated heterocycles. The third kappa shape index (κ3) is 2.88. The number of aliphatic hydroxyl groups excluding tert-OH is 1. The van der Waals surface area contributed by atoms with Crippen molar-refractivity contribution in [2.75, 3.05) is 26.9 Å². The lowest BCUT2D eigenvalue weighted by Gasteiger charge is -2.34. The molecule has 1 rings (SSSR count). The Morgan fingerprint density at radius 1 is 1.58 bits per heavy atom. The van der Waals surface area contributed by atoms with Crippen LogP contribution in [0.25, 0.3) is 0 Å². The second-order valence-electron chi connectivity index (χ2n) is 3.01. The third-order valence-corrected chi connectivity index (χ3v) is 2.41. The summed E-state index contributed by atoms with van der Waals surface area (Å²) in [6, 6.07) is 0. The van der Waals surface area contributed by atoms with E-state index in [0.29, 0.717) is 6.54 Å². The van der Waals surface area contributed by atoms with Crippen LogP contribution in [0.15, 0.2) is 0 Å². The predicted molar refractivity (Wildman–Crippen MR) is 48.9 cm³/mol. The van der Waals surface area contributed by atoms with Gasteiger partial charge in [-0.2, -0.15) is 0 Å². The number of aliphatic hydroxyl groups is 1. The summed E-state index contributed by atoms with van der Waals surface area (Å²) in [5.74, 6) is 0. The topological polar surface area (TPSA) is 47.5 Å². The highest BCUT2D eigenvalue weighted by Crippen LogP contribution is 2.08. The Bertz CT molecular complexity index is 136. The number of hydrogen-bond donors (Lipinski definition) is 3. The molecule has 0 aromatic rings. The van der Waals surface area contributed by atoms with Gasteiger partial charge in [-0.3, -0.25) is 15.5 Å². The molecule has 0 aromatic carbocycles. The molecule has 72 valence electrons. The van der Waals surface area contributed by atoms with Gasteiger partial charge >= 0.3 is 0 Å². The van der Waals surface area contributed by atoms with Crippen LogP contribution >= 0.6 is 11.6 Å². The van der Waals surface area contributed by atoms with Crippen molar-refractivity contribution in [1.29, 1.82) is 0 Å². The summed E-state index contributed by atoms with van der Waals surface area (Å²) >= 11 is 5.92. The Morgan fingerprint density at radius 2 is 2.33 bits per heavy atom. The molecule has 0 radical (unpaired) electrons. The van der Waals surface area contributed by atoms with Gasteiger partial charge in [0.25, 0.3) is 0 Å². The normalized spacial score (nSPS) is 31.0.